The normalized spacial score (nSPS) is 13.7. The molecule has 0 aliphatic heterocycles. The topological polar surface area (TPSA) is 72.5 Å². The fourth-order valence-corrected chi connectivity index (χ4v) is 2.18. The maximum atomic E-state index is 11.9. The average molecular weight is 313 g/mol. The summed E-state index contributed by atoms with van der Waals surface area (Å²) in [6, 6.07) is 9.28. The highest BCUT2D eigenvalue weighted by atomic mass is 32.2. The molecule has 1 atom stereocenters. The lowest BCUT2D eigenvalue weighted by Gasteiger charge is -2.24. The molecule has 1 aromatic carbocycles. The van der Waals surface area contributed by atoms with Crippen LogP contribution in [0.3, 0.4) is 0 Å². The van der Waals surface area contributed by atoms with Gasteiger partial charge >= 0.3 is 5.97 Å². The number of rotatable bonds is 7. The molecule has 6 heteroatoms. The van der Waals surface area contributed by atoms with Crippen molar-refractivity contribution in [2.45, 2.75) is 24.5 Å². The third kappa shape index (κ3) is 4.82. The van der Waals surface area contributed by atoms with E-state index in [9.17, 15) is 13.2 Å². The van der Waals surface area contributed by atoms with Crippen molar-refractivity contribution >= 4 is 15.8 Å². The van der Waals surface area contributed by atoms with E-state index in [0.29, 0.717) is 6.54 Å². The zero-order valence-electron chi connectivity index (χ0n) is 12.9. The molecule has 1 rings (SSSR count). The van der Waals surface area contributed by atoms with Crippen LogP contribution in [-0.2, 0) is 19.4 Å². The molecule has 0 saturated carbocycles. The van der Waals surface area contributed by atoms with Crippen LogP contribution in [-0.4, -0.2) is 45.6 Å². The highest BCUT2D eigenvalue weighted by Gasteiger charge is 2.30. The van der Waals surface area contributed by atoms with Gasteiger partial charge in [-0.2, -0.15) is 0 Å². The molecule has 0 fully saturated rings. The van der Waals surface area contributed by atoms with E-state index >= 15 is 0 Å². The summed E-state index contributed by atoms with van der Waals surface area (Å²) >= 11 is 0. The molecule has 0 bridgehead atoms. The fourth-order valence-electron chi connectivity index (χ4n) is 1.81. The standard InChI is InChI=1S/C15H23NO4S/c1-15(2,21(4,18)19)11-16-10-13(14(17)20-3)12-8-6-5-7-9-12/h5-9,13,16H,10-11H2,1-4H3. The zero-order chi connectivity index (χ0) is 16.1. The fraction of sp³-hybridized carbons (Fsp3) is 0.533. The van der Waals surface area contributed by atoms with Crippen LogP contribution in [0.5, 0.6) is 0 Å². The van der Waals surface area contributed by atoms with Crippen molar-refractivity contribution in [2.75, 3.05) is 26.5 Å². The van der Waals surface area contributed by atoms with Gasteiger partial charge in [-0.3, -0.25) is 4.79 Å². The van der Waals surface area contributed by atoms with Gasteiger partial charge in [0, 0.05) is 19.3 Å². The molecule has 1 aromatic rings. The lowest BCUT2D eigenvalue weighted by molar-refractivity contribution is -0.142. The Balaban J connectivity index is 2.75. The van der Waals surface area contributed by atoms with Crippen LogP contribution in [0.15, 0.2) is 30.3 Å². The first-order valence-electron chi connectivity index (χ1n) is 6.72. The average Bonchev–Trinajstić information content (AvgIpc) is 2.42. The molecule has 0 saturated heterocycles. The van der Waals surface area contributed by atoms with Crippen LogP contribution in [0.1, 0.15) is 25.3 Å². The number of carbonyl (C=O) groups excluding carboxylic acids is 1. The van der Waals surface area contributed by atoms with Crippen molar-refractivity contribution in [1.29, 1.82) is 0 Å². The third-order valence-electron chi connectivity index (χ3n) is 3.59. The first-order chi connectivity index (χ1) is 9.69. The maximum absolute atomic E-state index is 11.9. The maximum Gasteiger partial charge on any atom is 0.314 e. The van der Waals surface area contributed by atoms with Crippen LogP contribution in [0.4, 0.5) is 0 Å². The van der Waals surface area contributed by atoms with Gasteiger partial charge in [0.25, 0.3) is 0 Å². The number of hydrogen-bond acceptors (Lipinski definition) is 5. The Bertz CT molecular complexity index is 567. The van der Waals surface area contributed by atoms with E-state index in [0.717, 1.165) is 5.56 Å². The molecule has 1 unspecified atom stereocenters. The van der Waals surface area contributed by atoms with Crippen LogP contribution in [0.25, 0.3) is 0 Å². The van der Waals surface area contributed by atoms with Crippen LogP contribution >= 0.6 is 0 Å². The van der Waals surface area contributed by atoms with Gasteiger partial charge < -0.3 is 10.1 Å². The summed E-state index contributed by atoms with van der Waals surface area (Å²) in [5.74, 6) is -0.794. The van der Waals surface area contributed by atoms with Crippen LogP contribution in [0.2, 0.25) is 0 Å². The Morgan fingerprint density at radius 3 is 2.33 bits per heavy atom. The number of nitrogens with one attached hydrogen (secondary N) is 1. The number of benzene rings is 1. The number of methoxy groups -OCH3 is 1. The highest BCUT2D eigenvalue weighted by molar-refractivity contribution is 7.92. The quantitative estimate of drug-likeness (QED) is 0.770. The predicted molar refractivity (Wildman–Crippen MR) is 83.0 cm³/mol. The SMILES string of the molecule is COC(=O)C(CNCC(C)(C)S(C)(=O)=O)c1ccccc1. The van der Waals surface area contributed by atoms with Gasteiger partial charge in [0.2, 0.25) is 0 Å². The van der Waals surface area contributed by atoms with E-state index in [1.165, 1.54) is 13.4 Å². The van der Waals surface area contributed by atoms with Crippen LogP contribution < -0.4 is 5.32 Å². The molecule has 118 valence electrons. The number of ether oxygens (including phenoxy) is 1. The summed E-state index contributed by atoms with van der Waals surface area (Å²) in [4.78, 5) is 11.9. The summed E-state index contributed by atoms with van der Waals surface area (Å²) in [5.41, 5.74) is 0.842. The highest BCUT2D eigenvalue weighted by Crippen LogP contribution is 2.18. The van der Waals surface area contributed by atoms with Gasteiger partial charge in [-0.25, -0.2) is 8.42 Å². The van der Waals surface area contributed by atoms with Crippen molar-refractivity contribution in [2.24, 2.45) is 0 Å². The molecule has 0 aliphatic carbocycles. The van der Waals surface area contributed by atoms with E-state index in [2.05, 4.69) is 5.32 Å². The first-order valence-corrected chi connectivity index (χ1v) is 8.61. The van der Waals surface area contributed by atoms with Crippen LogP contribution in [0, 0.1) is 0 Å². The zero-order valence-corrected chi connectivity index (χ0v) is 13.7. The number of esters is 1. The largest absolute Gasteiger partial charge is 0.469 e. The van der Waals surface area contributed by atoms with Crippen molar-refractivity contribution in [3.05, 3.63) is 35.9 Å². The Morgan fingerprint density at radius 1 is 1.29 bits per heavy atom. The summed E-state index contributed by atoms with van der Waals surface area (Å²) in [5, 5.41) is 3.07. The molecule has 0 radical (unpaired) electrons. The summed E-state index contributed by atoms with van der Waals surface area (Å²) in [6.45, 7) is 3.91. The minimum atomic E-state index is -3.17. The monoisotopic (exact) mass is 313 g/mol. The number of carbonyl (C=O) groups is 1. The van der Waals surface area contributed by atoms with Gasteiger partial charge in [0.15, 0.2) is 9.84 Å². The van der Waals surface area contributed by atoms with Gasteiger partial charge in [0.05, 0.1) is 17.8 Å². The molecule has 0 aromatic heterocycles. The lowest BCUT2D eigenvalue weighted by atomic mass is 9.99. The second-order valence-corrected chi connectivity index (χ2v) is 8.30. The van der Waals surface area contributed by atoms with E-state index < -0.39 is 20.5 Å². The molecule has 21 heavy (non-hydrogen) atoms. The Hall–Kier alpha value is -1.40. The van der Waals surface area contributed by atoms with Gasteiger partial charge in [-0.15, -0.1) is 0 Å². The molecule has 0 heterocycles. The van der Waals surface area contributed by atoms with E-state index in [-0.39, 0.29) is 12.5 Å². The van der Waals surface area contributed by atoms with Crippen molar-refractivity contribution < 1.29 is 17.9 Å². The van der Waals surface area contributed by atoms with Crippen molar-refractivity contribution in [1.82, 2.24) is 5.32 Å². The Morgan fingerprint density at radius 2 is 1.86 bits per heavy atom. The summed E-state index contributed by atoms with van der Waals surface area (Å²) < 4.78 is 27.2. The second-order valence-electron chi connectivity index (χ2n) is 5.65. The van der Waals surface area contributed by atoms with E-state index in [1.807, 2.05) is 30.3 Å². The summed E-state index contributed by atoms with van der Waals surface area (Å²) in [7, 11) is -1.82. The molecular formula is C15H23NO4S. The molecule has 1 N–H and O–H groups in total. The van der Waals surface area contributed by atoms with E-state index in [1.54, 1.807) is 13.8 Å². The Kier molecular flexibility index (Phi) is 5.92. The number of hydrogen-bond donors (Lipinski definition) is 1. The molecule has 5 nitrogen and oxygen atoms in total. The molecule has 0 amide bonds. The smallest absolute Gasteiger partial charge is 0.314 e. The Labute approximate surface area is 126 Å². The van der Waals surface area contributed by atoms with Gasteiger partial charge in [-0.1, -0.05) is 30.3 Å². The van der Waals surface area contributed by atoms with Crippen molar-refractivity contribution in [3.8, 4) is 0 Å². The first kappa shape index (κ1) is 17.7. The molecule has 0 spiro atoms. The lowest BCUT2D eigenvalue weighted by Crippen LogP contribution is -2.43. The summed E-state index contributed by atoms with van der Waals surface area (Å²) in [6.07, 6.45) is 1.21. The molecular weight excluding hydrogens is 290 g/mol. The number of sulfone groups is 1. The minimum Gasteiger partial charge on any atom is -0.469 e. The van der Waals surface area contributed by atoms with E-state index in [4.69, 9.17) is 4.74 Å². The molecule has 0 aliphatic rings. The second kappa shape index (κ2) is 7.04. The predicted octanol–water partition coefficient (Wildman–Crippen LogP) is 1.36. The minimum absolute atomic E-state index is 0.270. The third-order valence-corrected chi connectivity index (χ3v) is 5.74. The van der Waals surface area contributed by atoms with Crippen molar-refractivity contribution in [3.63, 3.8) is 0 Å². The van der Waals surface area contributed by atoms with Gasteiger partial charge in [0.1, 0.15) is 0 Å². The van der Waals surface area contributed by atoms with Gasteiger partial charge in [-0.05, 0) is 19.4 Å².